The van der Waals surface area contributed by atoms with E-state index in [1.165, 1.54) is 7.11 Å². The lowest BCUT2D eigenvalue weighted by Gasteiger charge is -2.23. The van der Waals surface area contributed by atoms with Crippen molar-refractivity contribution in [3.8, 4) is 0 Å². The number of amides is 1. The van der Waals surface area contributed by atoms with Crippen molar-refractivity contribution in [3.05, 3.63) is 29.8 Å². The van der Waals surface area contributed by atoms with Gasteiger partial charge >= 0.3 is 5.97 Å². The standard InChI is InChI=1S/C16H21NO4S/c1-4-22-14-8-6-5-7-12(14)15(18)17-10-11(20-2)9-13(17)16(19)21-3/h5-8,11,13H,4,9-10H2,1-3H3/t11-,13-/m0/s1. The highest BCUT2D eigenvalue weighted by Crippen LogP contribution is 2.28. The van der Waals surface area contributed by atoms with E-state index in [9.17, 15) is 9.59 Å². The monoisotopic (exact) mass is 323 g/mol. The van der Waals surface area contributed by atoms with E-state index in [2.05, 4.69) is 0 Å². The summed E-state index contributed by atoms with van der Waals surface area (Å²) in [6, 6.07) is 6.90. The fraction of sp³-hybridized carbons (Fsp3) is 0.500. The van der Waals surface area contributed by atoms with Crippen molar-refractivity contribution in [2.75, 3.05) is 26.5 Å². The molecule has 120 valence electrons. The van der Waals surface area contributed by atoms with E-state index in [0.717, 1.165) is 10.6 Å². The first-order valence-electron chi connectivity index (χ1n) is 7.25. The SMILES string of the molecule is CCSc1ccccc1C(=O)N1C[C@@H](OC)C[C@H]1C(=O)OC. The van der Waals surface area contributed by atoms with E-state index < -0.39 is 12.0 Å². The van der Waals surface area contributed by atoms with Crippen molar-refractivity contribution in [2.24, 2.45) is 0 Å². The molecule has 1 saturated heterocycles. The maximum Gasteiger partial charge on any atom is 0.328 e. The molecular formula is C16H21NO4S. The molecule has 0 saturated carbocycles. The lowest BCUT2D eigenvalue weighted by Crippen LogP contribution is -2.41. The van der Waals surface area contributed by atoms with Crippen LogP contribution < -0.4 is 0 Å². The molecule has 1 fully saturated rings. The van der Waals surface area contributed by atoms with Gasteiger partial charge in [-0.15, -0.1) is 11.8 Å². The molecule has 6 heteroatoms. The van der Waals surface area contributed by atoms with Crippen molar-refractivity contribution >= 4 is 23.6 Å². The third-order valence-corrected chi connectivity index (χ3v) is 4.70. The molecule has 22 heavy (non-hydrogen) atoms. The maximum absolute atomic E-state index is 12.9. The minimum Gasteiger partial charge on any atom is -0.467 e. The van der Waals surface area contributed by atoms with Crippen molar-refractivity contribution < 1.29 is 19.1 Å². The van der Waals surface area contributed by atoms with Crippen LogP contribution in [0.4, 0.5) is 0 Å². The second kappa shape index (κ2) is 7.65. The van der Waals surface area contributed by atoms with Gasteiger partial charge in [-0.05, 0) is 17.9 Å². The molecular weight excluding hydrogens is 302 g/mol. The number of nitrogens with zero attached hydrogens (tertiary/aromatic N) is 1. The first-order chi connectivity index (χ1) is 10.6. The van der Waals surface area contributed by atoms with E-state index in [4.69, 9.17) is 9.47 Å². The summed E-state index contributed by atoms with van der Waals surface area (Å²) in [5.41, 5.74) is 0.625. The highest BCUT2D eigenvalue weighted by Gasteiger charge is 2.41. The van der Waals surface area contributed by atoms with Gasteiger partial charge in [-0.1, -0.05) is 19.1 Å². The second-order valence-corrected chi connectivity index (χ2v) is 6.32. The molecule has 5 nitrogen and oxygen atoms in total. The molecule has 0 unspecified atom stereocenters. The van der Waals surface area contributed by atoms with Crippen LogP contribution in [0.3, 0.4) is 0 Å². The van der Waals surface area contributed by atoms with E-state index >= 15 is 0 Å². The van der Waals surface area contributed by atoms with Crippen LogP contribution in [0.1, 0.15) is 23.7 Å². The average molecular weight is 323 g/mol. The summed E-state index contributed by atoms with van der Waals surface area (Å²) in [7, 11) is 2.93. The average Bonchev–Trinajstić information content (AvgIpc) is 2.98. The van der Waals surface area contributed by atoms with Gasteiger partial charge in [-0.25, -0.2) is 4.79 Å². The van der Waals surface area contributed by atoms with Crippen molar-refractivity contribution in [1.82, 2.24) is 4.90 Å². The Balaban J connectivity index is 2.28. The van der Waals surface area contributed by atoms with Gasteiger partial charge in [0.1, 0.15) is 6.04 Å². The normalized spacial score (nSPS) is 21.0. The zero-order chi connectivity index (χ0) is 16.1. The Morgan fingerprint density at radius 2 is 2.05 bits per heavy atom. The van der Waals surface area contributed by atoms with Crippen LogP contribution in [0.15, 0.2) is 29.2 Å². The van der Waals surface area contributed by atoms with E-state index in [-0.39, 0.29) is 12.0 Å². The number of esters is 1. The largest absolute Gasteiger partial charge is 0.467 e. The van der Waals surface area contributed by atoms with Crippen molar-refractivity contribution in [2.45, 2.75) is 30.4 Å². The summed E-state index contributed by atoms with van der Waals surface area (Å²) in [5.74, 6) is 0.339. The van der Waals surface area contributed by atoms with Crippen LogP contribution in [-0.4, -0.2) is 55.4 Å². The first-order valence-corrected chi connectivity index (χ1v) is 8.24. The van der Waals surface area contributed by atoms with Gasteiger partial charge in [-0.2, -0.15) is 0 Å². The summed E-state index contributed by atoms with van der Waals surface area (Å²) in [5, 5.41) is 0. The summed E-state index contributed by atoms with van der Waals surface area (Å²) in [6.45, 7) is 2.44. The molecule has 1 aliphatic heterocycles. The van der Waals surface area contributed by atoms with Gasteiger partial charge in [0.25, 0.3) is 5.91 Å². The Morgan fingerprint density at radius 3 is 2.68 bits per heavy atom. The smallest absolute Gasteiger partial charge is 0.328 e. The number of benzene rings is 1. The number of thioether (sulfide) groups is 1. The molecule has 0 aromatic heterocycles. The molecule has 1 amide bonds. The number of hydrogen-bond donors (Lipinski definition) is 0. The Labute approximate surface area is 135 Å². The van der Waals surface area contributed by atoms with E-state index in [1.54, 1.807) is 29.8 Å². The number of ether oxygens (including phenoxy) is 2. The van der Waals surface area contributed by atoms with Crippen molar-refractivity contribution in [1.29, 1.82) is 0 Å². The molecule has 2 rings (SSSR count). The number of rotatable bonds is 5. The highest BCUT2D eigenvalue weighted by atomic mass is 32.2. The topological polar surface area (TPSA) is 55.8 Å². The molecule has 0 spiro atoms. The molecule has 1 aliphatic rings. The fourth-order valence-electron chi connectivity index (χ4n) is 2.63. The summed E-state index contributed by atoms with van der Waals surface area (Å²) < 4.78 is 10.2. The number of carbonyl (C=O) groups is 2. The van der Waals surface area contributed by atoms with Crippen LogP contribution in [-0.2, 0) is 14.3 Å². The zero-order valence-electron chi connectivity index (χ0n) is 13.1. The van der Waals surface area contributed by atoms with Crippen LogP contribution in [0.25, 0.3) is 0 Å². The summed E-state index contributed by atoms with van der Waals surface area (Å²) in [4.78, 5) is 27.3. The van der Waals surface area contributed by atoms with Gasteiger partial charge in [0, 0.05) is 25.0 Å². The third-order valence-electron chi connectivity index (χ3n) is 3.75. The van der Waals surface area contributed by atoms with E-state index in [0.29, 0.717) is 18.5 Å². The van der Waals surface area contributed by atoms with Gasteiger partial charge in [0.2, 0.25) is 0 Å². The molecule has 0 aliphatic carbocycles. The molecule has 1 aromatic carbocycles. The number of carbonyl (C=O) groups excluding carboxylic acids is 2. The Bertz CT molecular complexity index is 549. The Morgan fingerprint density at radius 1 is 1.32 bits per heavy atom. The van der Waals surface area contributed by atoms with Crippen molar-refractivity contribution in [3.63, 3.8) is 0 Å². The number of likely N-dealkylation sites (tertiary alicyclic amines) is 1. The molecule has 2 atom stereocenters. The molecule has 0 radical (unpaired) electrons. The second-order valence-electron chi connectivity index (χ2n) is 5.02. The maximum atomic E-state index is 12.9. The predicted octanol–water partition coefficient (Wildman–Crippen LogP) is 2.20. The summed E-state index contributed by atoms with van der Waals surface area (Å²) in [6.07, 6.45) is 0.330. The lowest BCUT2D eigenvalue weighted by atomic mass is 10.1. The first kappa shape index (κ1) is 16.8. The van der Waals surface area contributed by atoms with Gasteiger partial charge in [0.15, 0.2) is 0 Å². The van der Waals surface area contributed by atoms with Gasteiger partial charge < -0.3 is 14.4 Å². The minimum absolute atomic E-state index is 0.140. The van der Waals surface area contributed by atoms with Gasteiger partial charge in [0.05, 0.1) is 18.8 Å². The van der Waals surface area contributed by atoms with Crippen LogP contribution in [0, 0.1) is 0 Å². The Kier molecular flexibility index (Phi) is 5.85. The molecule has 0 bridgehead atoms. The molecule has 0 N–H and O–H groups in total. The number of hydrogen-bond acceptors (Lipinski definition) is 5. The quantitative estimate of drug-likeness (QED) is 0.614. The minimum atomic E-state index is -0.581. The Hall–Kier alpha value is -1.53. The number of methoxy groups -OCH3 is 2. The third kappa shape index (κ3) is 3.44. The molecule has 1 heterocycles. The van der Waals surface area contributed by atoms with Crippen LogP contribution in [0.2, 0.25) is 0 Å². The summed E-state index contributed by atoms with van der Waals surface area (Å²) >= 11 is 1.62. The van der Waals surface area contributed by atoms with Crippen LogP contribution >= 0.6 is 11.8 Å². The zero-order valence-corrected chi connectivity index (χ0v) is 13.9. The van der Waals surface area contributed by atoms with Crippen LogP contribution in [0.5, 0.6) is 0 Å². The lowest BCUT2D eigenvalue weighted by molar-refractivity contribution is -0.145. The van der Waals surface area contributed by atoms with E-state index in [1.807, 2.05) is 25.1 Å². The fourth-order valence-corrected chi connectivity index (χ4v) is 3.43. The highest BCUT2D eigenvalue weighted by molar-refractivity contribution is 7.99. The van der Waals surface area contributed by atoms with Gasteiger partial charge in [-0.3, -0.25) is 4.79 Å². The predicted molar refractivity (Wildman–Crippen MR) is 85.1 cm³/mol. The molecule has 1 aromatic rings.